The number of ether oxygens (including phenoxy) is 1. The molecule has 3 rings (SSSR count). The Bertz CT molecular complexity index is 700. The molecule has 2 aromatic rings. The molecule has 23 heavy (non-hydrogen) atoms. The molecule has 1 aromatic carbocycles. The third kappa shape index (κ3) is 3.69. The molecule has 1 aliphatic rings. The molecule has 0 spiro atoms. The van der Waals surface area contributed by atoms with E-state index < -0.39 is 6.61 Å². The number of nitrogens with one attached hydrogen (secondary N) is 1. The van der Waals surface area contributed by atoms with Gasteiger partial charge in [0.1, 0.15) is 5.75 Å². The van der Waals surface area contributed by atoms with E-state index >= 15 is 0 Å². The minimum absolute atomic E-state index is 0.0927. The van der Waals surface area contributed by atoms with Gasteiger partial charge in [-0.1, -0.05) is 18.2 Å². The van der Waals surface area contributed by atoms with Gasteiger partial charge in [0.2, 0.25) is 0 Å². The maximum Gasteiger partial charge on any atom is 0.387 e. The molecule has 0 unspecified atom stereocenters. The fourth-order valence-corrected chi connectivity index (χ4v) is 3.94. The lowest BCUT2D eigenvalue weighted by atomic mass is 9.95. The summed E-state index contributed by atoms with van der Waals surface area (Å²) in [5.74, 6) is -0.0635. The normalized spacial score (nSPS) is 13.7. The Labute approximate surface area is 137 Å². The second-order valence-electron chi connectivity index (χ2n) is 5.43. The number of carbonyl (C=O) groups is 1. The van der Waals surface area contributed by atoms with Crippen LogP contribution in [0, 0.1) is 0 Å². The van der Waals surface area contributed by atoms with Crippen molar-refractivity contribution >= 4 is 17.2 Å². The van der Waals surface area contributed by atoms with Crippen LogP contribution in [0.1, 0.15) is 39.2 Å². The fourth-order valence-electron chi connectivity index (χ4n) is 2.82. The van der Waals surface area contributed by atoms with E-state index in [2.05, 4.69) is 10.1 Å². The molecule has 6 heteroatoms. The number of fused-ring (bicyclic) bond motifs is 1. The summed E-state index contributed by atoms with van der Waals surface area (Å²) in [6.45, 7) is -2.72. The molecule has 0 atom stereocenters. The topological polar surface area (TPSA) is 38.3 Å². The molecular formula is C17H17F2NO2S. The van der Waals surface area contributed by atoms with E-state index in [0.29, 0.717) is 5.56 Å². The van der Waals surface area contributed by atoms with Gasteiger partial charge in [0, 0.05) is 22.4 Å². The molecule has 0 bridgehead atoms. The van der Waals surface area contributed by atoms with Gasteiger partial charge >= 0.3 is 6.61 Å². The fraction of sp³-hybridized carbons (Fsp3) is 0.353. The summed E-state index contributed by atoms with van der Waals surface area (Å²) >= 11 is 1.63. The van der Waals surface area contributed by atoms with Crippen molar-refractivity contribution in [3.63, 3.8) is 0 Å². The molecular weight excluding hydrogens is 320 g/mol. The number of alkyl halides is 2. The number of hydrogen-bond acceptors (Lipinski definition) is 3. The number of hydrogen-bond donors (Lipinski definition) is 1. The Kier molecular flexibility index (Phi) is 4.91. The quantitative estimate of drug-likeness (QED) is 0.890. The highest BCUT2D eigenvalue weighted by atomic mass is 32.1. The number of carbonyl (C=O) groups excluding carboxylic acids is 1. The zero-order chi connectivity index (χ0) is 16.2. The van der Waals surface area contributed by atoms with Crippen molar-refractivity contribution in [3.05, 3.63) is 51.2 Å². The molecule has 3 nitrogen and oxygen atoms in total. The molecule has 1 N–H and O–H groups in total. The summed E-state index contributed by atoms with van der Waals surface area (Å²) in [4.78, 5) is 13.7. The molecule has 0 aliphatic heterocycles. The van der Waals surface area contributed by atoms with E-state index in [-0.39, 0.29) is 18.2 Å². The van der Waals surface area contributed by atoms with E-state index in [0.717, 1.165) is 30.4 Å². The Hall–Kier alpha value is -1.95. The van der Waals surface area contributed by atoms with Crippen molar-refractivity contribution in [2.24, 2.45) is 0 Å². The largest absolute Gasteiger partial charge is 0.434 e. The zero-order valence-corrected chi connectivity index (χ0v) is 13.3. The molecule has 1 heterocycles. The summed E-state index contributed by atoms with van der Waals surface area (Å²) in [5, 5.41) is 4.70. The first-order valence-electron chi connectivity index (χ1n) is 7.55. The van der Waals surface area contributed by atoms with Crippen molar-refractivity contribution in [1.82, 2.24) is 5.32 Å². The molecule has 0 saturated heterocycles. The summed E-state index contributed by atoms with van der Waals surface area (Å²) in [5.41, 5.74) is 2.40. The maximum atomic E-state index is 12.4. The minimum Gasteiger partial charge on any atom is -0.434 e. The van der Waals surface area contributed by atoms with Crippen LogP contribution < -0.4 is 10.1 Å². The molecule has 1 aromatic heterocycles. The van der Waals surface area contributed by atoms with Crippen LogP contribution >= 0.6 is 11.3 Å². The maximum absolute atomic E-state index is 12.4. The van der Waals surface area contributed by atoms with Gasteiger partial charge in [-0.15, -0.1) is 11.3 Å². The van der Waals surface area contributed by atoms with Crippen LogP contribution in [0.25, 0.3) is 0 Å². The minimum atomic E-state index is -2.88. The lowest BCUT2D eigenvalue weighted by molar-refractivity contribution is -0.0504. The Morgan fingerprint density at radius 1 is 1.26 bits per heavy atom. The van der Waals surface area contributed by atoms with Crippen molar-refractivity contribution in [1.29, 1.82) is 0 Å². The summed E-state index contributed by atoms with van der Waals surface area (Å²) in [6, 6.07) is 6.49. The molecule has 1 amide bonds. The van der Waals surface area contributed by atoms with Gasteiger partial charge in [-0.05, 0) is 37.3 Å². The smallest absolute Gasteiger partial charge is 0.387 e. The van der Waals surface area contributed by atoms with Gasteiger partial charge < -0.3 is 10.1 Å². The van der Waals surface area contributed by atoms with Crippen LogP contribution in [0.15, 0.2) is 29.6 Å². The molecule has 0 saturated carbocycles. The zero-order valence-electron chi connectivity index (χ0n) is 12.5. The van der Waals surface area contributed by atoms with E-state index in [4.69, 9.17) is 0 Å². The predicted octanol–water partition coefficient (Wildman–Crippen LogP) is 4.16. The highest BCUT2D eigenvalue weighted by molar-refractivity contribution is 7.10. The third-order valence-corrected chi connectivity index (χ3v) is 5.02. The lowest BCUT2D eigenvalue weighted by Gasteiger charge is -2.14. The standard InChI is InChI=1S/C17H17F2NO2S/c18-17(19)22-14-7-3-1-5-11(14)9-20-16(21)13-10-23-15-8-4-2-6-12(13)15/h1,3,5,7,10,17H,2,4,6,8-9H2,(H,20,21). The molecule has 0 fully saturated rings. The van der Waals surface area contributed by atoms with Crippen LogP contribution in [-0.2, 0) is 19.4 Å². The molecule has 0 radical (unpaired) electrons. The van der Waals surface area contributed by atoms with Crippen molar-refractivity contribution in [2.75, 3.05) is 0 Å². The van der Waals surface area contributed by atoms with Gasteiger partial charge in [0.15, 0.2) is 0 Å². The number of amides is 1. The number of aryl methyl sites for hydroxylation is 1. The Morgan fingerprint density at radius 3 is 2.87 bits per heavy atom. The van der Waals surface area contributed by atoms with Crippen LogP contribution in [0.5, 0.6) is 5.75 Å². The van der Waals surface area contributed by atoms with Crippen molar-refractivity contribution in [3.8, 4) is 5.75 Å². The highest BCUT2D eigenvalue weighted by Crippen LogP contribution is 2.30. The van der Waals surface area contributed by atoms with Crippen LogP contribution in [0.3, 0.4) is 0 Å². The Morgan fingerprint density at radius 2 is 2.04 bits per heavy atom. The van der Waals surface area contributed by atoms with E-state index in [9.17, 15) is 13.6 Å². The van der Waals surface area contributed by atoms with E-state index in [1.54, 1.807) is 29.5 Å². The number of halogens is 2. The van der Waals surface area contributed by atoms with E-state index in [1.807, 2.05) is 5.38 Å². The van der Waals surface area contributed by atoms with Crippen LogP contribution in [0.2, 0.25) is 0 Å². The van der Waals surface area contributed by atoms with Gasteiger partial charge in [-0.25, -0.2) is 0 Å². The Balaban J connectivity index is 1.69. The number of rotatable bonds is 5. The summed E-state index contributed by atoms with van der Waals surface area (Å²) in [6.07, 6.45) is 4.26. The number of para-hydroxylation sites is 1. The van der Waals surface area contributed by atoms with Crippen LogP contribution in [-0.4, -0.2) is 12.5 Å². The van der Waals surface area contributed by atoms with Gasteiger partial charge in [0.25, 0.3) is 5.91 Å². The van der Waals surface area contributed by atoms with Crippen molar-refractivity contribution in [2.45, 2.75) is 38.8 Å². The van der Waals surface area contributed by atoms with Gasteiger partial charge in [-0.2, -0.15) is 8.78 Å². The first-order valence-corrected chi connectivity index (χ1v) is 8.43. The number of thiophene rings is 1. The number of benzene rings is 1. The monoisotopic (exact) mass is 337 g/mol. The van der Waals surface area contributed by atoms with Crippen LogP contribution in [0.4, 0.5) is 8.78 Å². The third-order valence-electron chi connectivity index (χ3n) is 3.93. The average molecular weight is 337 g/mol. The van der Waals surface area contributed by atoms with Gasteiger partial charge in [0.05, 0.1) is 5.56 Å². The van der Waals surface area contributed by atoms with Gasteiger partial charge in [-0.3, -0.25) is 4.79 Å². The second-order valence-corrected chi connectivity index (χ2v) is 6.39. The van der Waals surface area contributed by atoms with Crippen molar-refractivity contribution < 1.29 is 18.3 Å². The lowest BCUT2D eigenvalue weighted by Crippen LogP contribution is -2.24. The SMILES string of the molecule is O=C(NCc1ccccc1OC(F)F)c1csc2c1CCCC2. The second kappa shape index (κ2) is 7.08. The molecule has 1 aliphatic carbocycles. The van der Waals surface area contributed by atoms with E-state index in [1.165, 1.54) is 17.4 Å². The predicted molar refractivity (Wildman–Crippen MR) is 85.2 cm³/mol. The summed E-state index contributed by atoms with van der Waals surface area (Å²) in [7, 11) is 0. The highest BCUT2D eigenvalue weighted by Gasteiger charge is 2.20. The first kappa shape index (κ1) is 15.9. The first-order chi connectivity index (χ1) is 11.1. The summed E-state index contributed by atoms with van der Waals surface area (Å²) < 4.78 is 29.3. The average Bonchev–Trinajstić information content (AvgIpc) is 2.97. The molecule has 122 valence electrons.